The molecule has 1 N–H and O–H groups in total. The lowest BCUT2D eigenvalue weighted by molar-refractivity contribution is -0.266. The van der Waals surface area contributed by atoms with Crippen LogP contribution in [-0.2, 0) is 61.1 Å². The molecule has 55 heavy (non-hydrogen) atoms. The summed E-state index contributed by atoms with van der Waals surface area (Å²) in [7, 11) is 0. The highest BCUT2D eigenvalue weighted by atomic mass is 16.6. The van der Waals surface area contributed by atoms with Crippen LogP contribution >= 0.6 is 0 Å². The van der Waals surface area contributed by atoms with E-state index in [0.717, 1.165) is 65.7 Å². The summed E-state index contributed by atoms with van der Waals surface area (Å²) in [5, 5.41) is 10.7. The molecule has 286 valence electrons. The minimum Gasteiger partial charge on any atom is -0.479 e. The first-order valence-corrected chi connectivity index (χ1v) is 19.2. The van der Waals surface area contributed by atoms with Gasteiger partial charge in [-0.15, -0.1) is 6.58 Å². The van der Waals surface area contributed by atoms with Crippen molar-refractivity contribution >= 4 is 5.97 Å². The fourth-order valence-corrected chi connectivity index (χ4v) is 6.97. The third kappa shape index (κ3) is 11.6. The van der Waals surface area contributed by atoms with Crippen molar-refractivity contribution < 1.29 is 33.6 Å². The summed E-state index contributed by atoms with van der Waals surface area (Å²) in [5.41, 5.74) is 8.46. The van der Waals surface area contributed by atoms with Crippen molar-refractivity contribution in [1.29, 1.82) is 0 Å². The predicted molar refractivity (Wildman–Crippen MR) is 215 cm³/mol. The van der Waals surface area contributed by atoms with Crippen LogP contribution in [0.1, 0.15) is 63.5 Å². The molecule has 0 unspecified atom stereocenters. The SMILES string of the molecule is C=CCOCCCCc1ccc(Cc2cc([C@@H]3O[C@H](C(=O)O)[C@@H](OCc4ccccc4)[C@H](OCc4ccccc4)[C@H]3OCc3ccccc3)ccc2C)cc1. The highest BCUT2D eigenvalue weighted by molar-refractivity contribution is 5.73. The van der Waals surface area contributed by atoms with Gasteiger partial charge in [-0.2, -0.15) is 0 Å². The second-order valence-electron chi connectivity index (χ2n) is 14.1. The smallest absolute Gasteiger partial charge is 0.335 e. The monoisotopic (exact) mass is 740 g/mol. The summed E-state index contributed by atoms with van der Waals surface area (Å²) in [6, 6.07) is 44.5. The molecule has 1 fully saturated rings. The van der Waals surface area contributed by atoms with E-state index in [1.807, 2.05) is 97.1 Å². The van der Waals surface area contributed by atoms with Crippen LogP contribution in [0.25, 0.3) is 0 Å². The Bertz CT molecular complexity index is 1900. The molecule has 0 aromatic heterocycles. The Labute approximate surface area is 325 Å². The number of benzene rings is 5. The van der Waals surface area contributed by atoms with Crippen LogP contribution in [0.5, 0.6) is 0 Å². The largest absolute Gasteiger partial charge is 0.479 e. The minimum absolute atomic E-state index is 0.192. The zero-order valence-electron chi connectivity index (χ0n) is 31.6. The number of carboxylic acid groups (broad SMARTS) is 1. The molecule has 0 saturated carbocycles. The Morgan fingerprint density at radius 2 is 1.22 bits per heavy atom. The number of aryl methyl sites for hydroxylation is 2. The van der Waals surface area contributed by atoms with Crippen LogP contribution in [0, 0.1) is 6.92 Å². The van der Waals surface area contributed by atoms with E-state index in [1.165, 1.54) is 11.1 Å². The van der Waals surface area contributed by atoms with Crippen LogP contribution in [-0.4, -0.2) is 48.7 Å². The first-order chi connectivity index (χ1) is 27.0. The van der Waals surface area contributed by atoms with Crippen molar-refractivity contribution in [2.24, 2.45) is 0 Å². The normalized spacial score (nSPS) is 19.5. The Kier molecular flexibility index (Phi) is 15.0. The molecule has 0 radical (unpaired) electrons. The number of unbranched alkanes of at least 4 members (excludes halogenated alkanes) is 1. The number of carbonyl (C=O) groups is 1. The summed E-state index contributed by atoms with van der Waals surface area (Å²) in [4.78, 5) is 13.1. The summed E-state index contributed by atoms with van der Waals surface area (Å²) in [6.45, 7) is 7.87. The average Bonchev–Trinajstić information content (AvgIpc) is 3.22. The second-order valence-corrected chi connectivity index (χ2v) is 14.1. The Hall–Kier alpha value is -4.89. The van der Waals surface area contributed by atoms with Gasteiger partial charge in [-0.25, -0.2) is 4.79 Å². The van der Waals surface area contributed by atoms with Crippen LogP contribution in [0.4, 0.5) is 0 Å². The molecule has 1 aliphatic rings. The predicted octanol–water partition coefficient (Wildman–Crippen LogP) is 9.39. The van der Waals surface area contributed by atoms with Crippen LogP contribution < -0.4 is 0 Å². The van der Waals surface area contributed by atoms with Crippen molar-refractivity contribution in [3.8, 4) is 0 Å². The number of ether oxygens (including phenoxy) is 5. The quantitative estimate of drug-likeness (QED) is 0.0629. The zero-order chi connectivity index (χ0) is 38.2. The lowest BCUT2D eigenvalue weighted by Crippen LogP contribution is -2.59. The lowest BCUT2D eigenvalue weighted by atomic mass is 9.88. The molecule has 1 heterocycles. The van der Waals surface area contributed by atoms with Crippen molar-refractivity contribution in [2.45, 2.75) is 82.9 Å². The molecule has 0 amide bonds. The fraction of sp³-hybridized carbons (Fsp3) is 0.312. The van der Waals surface area contributed by atoms with Gasteiger partial charge in [0.2, 0.25) is 0 Å². The van der Waals surface area contributed by atoms with Gasteiger partial charge in [-0.3, -0.25) is 0 Å². The van der Waals surface area contributed by atoms with E-state index in [4.69, 9.17) is 23.7 Å². The maximum absolute atomic E-state index is 13.1. The molecular formula is C48H52O7. The van der Waals surface area contributed by atoms with Gasteiger partial charge in [0.05, 0.1) is 26.4 Å². The summed E-state index contributed by atoms with van der Waals surface area (Å²) in [5.74, 6) is -1.12. The summed E-state index contributed by atoms with van der Waals surface area (Å²) >= 11 is 0. The third-order valence-corrected chi connectivity index (χ3v) is 10.00. The van der Waals surface area contributed by atoms with Crippen molar-refractivity contribution in [3.05, 3.63) is 191 Å². The molecule has 0 aliphatic carbocycles. The second kappa shape index (κ2) is 20.7. The molecule has 7 heteroatoms. The van der Waals surface area contributed by atoms with Gasteiger partial charge >= 0.3 is 5.97 Å². The van der Waals surface area contributed by atoms with Gasteiger partial charge in [-0.05, 0) is 77.1 Å². The standard InChI is InChI=1S/C48H52O7/c1-3-28-51-29-14-13-15-36-23-25-37(26-24-36)30-42-31-41(27-22-35(42)2)43-44(52-32-38-16-7-4-8-17-38)45(53-33-39-18-9-5-10-19-39)46(47(55-43)48(49)50)54-34-40-20-11-6-12-21-40/h3-12,16-27,31,43-47H,1,13-15,28-30,32-34H2,2H3,(H,49,50)/t43-,44-,45+,46-,47-/m0/s1. The fourth-order valence-electron chi connectivity index (χ4n) is 6.97. The minimum atomic E-state index is -1.31. The maximum atomic E-state index is 13.1. The lowest BCUT2D eigenvalue weighted by Gasteiger charge is -2.45. The molecule has 0 spiro atoms. The summed E-state index contributed by atoms with van der Waals surface area (Å²) < 4.78 is 32.1. The van der Waals surface area contributed by atoms with E-state index in [9.17, 15) is 9.90 Å². The van der Waals surface area contributed by atoms with Crippen LogP contribution in [0.3, 0.4) is 0 Å². The number of aliphatic carboxylic acids is 1. The Morgan fingerprint density at radius 1 is 0.673 bits per heavy atom. The maximum Gasteiger partial charge on any atom is 0.335 e. The molecule has 1 saturated heterocycles. The average molecular weight is 741 g/mol. The van der Waals surface area contributed by atoms with E-state index in [0.29, 0.717) is 6.61 Å². The highest BCUT2D eigenvalue weighted by Gasteiger charge is 2.51. The van der Waals surface area contributed by atoms with Crippen molar-refractivity contribution in [1.82, 2.24) is 0 Å². The van der Waals surface area contributed by atoms with Crippen LogP contribution in [0.15, 0.2) is 146 Å². The van der Waals surface area contributed by atoms with E-state index < -0.39 is 36.5 Å². The van der Waals surface area contributed by atoms with Crippen molar-refractivity contribution in [3.63, 3.8) is 0 Å². The molecule has 7 nitrogen and oxygen atoms in total. The van der Waals surface area contributed by atoms with E-state index in [2.05, 4.69) is 49.9 Å². The number of carboxylic acids is 1. The van der Waals surface area contributed by atoms with Gasteiger partial charge < -0.3 is 28.8 Å². The first kappa shape index (κ1) is 39.8. The highest BCUT2D eigenvalue weighted by Crippen LogP contribution is 2.39. The van der Waals surface area contributed by atoms with Gasteiger partial charge in [0.15, 0.2) is 6.10 Å². The van der Waals surface area contributed by atoms with Crippen LogP contribution in [0.2, 0.25) is 0 Å². The molecule has 1 aliphatic heterocycles. The summed E-state index contributed by atoms with van der Waals surface area (Å²) in [6.07, 6.45) is 1.09. The molecule has 5 aromatic carbocycles. The van der Waals surface area contributed by atoms with E-state index >= 15 is 0 Å². The van der Waals surface area contributed by atoms with Crippen molar-refractivity contribution in [2.75, 3.05) is 13.2 Å². The number of hydrogen-bond donors (Lipinski definition) is 1. The third-order valence-electron chi connectivity index (χ3n) is 10.00. The first-order valence-electron chi connectivity index (χ1n) is 19.2. The topological polar surface area (TPSA) is 83.5 Å². The molecule has 5 atom stereocenters. The van der Waals surface area contributed by atoms with Gasteiger partial charge in [0.1, 0.15) is 24.4 Å². The molecule has 5 aromatic rings. The molecular weight excluding hydrogens is 689 g/mol. The Balaban J connectivity index is 1.28. The number of rotatable bonds is 20. The van der Waals surface area contributed by atoms with Gasteiger partial charge in [-0.1, -0.05) is 140 Å². The van der Waals surface area contributed by atoms with E-state index in [1.54, 1.807) is 6.08 Å². The zero-order valence-corrected chi connectivity index (χ0v) is 31.6. The van der Waals surface area contributed by atoms with Gasteiger partial charge in [0.25, 0.3) is 0 Å². The Morgan fingerprint density at radius 3 is 1.78 bits per heavy atom. The van der Waals surface area contributed by atoms with E-state index in [-0.39, 0.29) is 19.8 Å². The van der Waals surface area contributed by atoms with Gasteiger partial charge in [0, 0.05) is 6.61 Å². The molecule has 6 rings (SSSR count). The number of hydrogen-bond acceptors (Lipinski definition) is 6. The molecule has 0 bridgehead atoms.